The van der Waals surface area contributed by atoms with Crippen LogP contribution in [0, 0.1) is 0 Å². The predicted octanol–water partition coefficient (Wildman–Crippen LogP) is 3.09. The van der Waals surface area contributed by atoms with E-state index in [-0.39, 0.29) is 36.6 Å². The second-order valence-corrected chi connectivity index (χ2v) is 7.10. The molecular weight excluding hydrogens is 471 g/mol. The third-order valence-corrected chi connectivity index (χ3v) is 4.86. The number of aliphatic hydroxyl groups is 1. The lowest BCUT2D eigenvalue weighted by Crippen LogP contribution is -2.43. The Bertz CT molecular complexity index is 695. The van der Waals surface area contributed by atoms with Crippen molar-refractivity contribution in [3.63, 3.8) is 0 Å². The van der Waals surface area contributed by atoms with Crippen molar-refractivity contribution in [1.29, 1.82) is 0 Å². The fraction of sp³-hybridized carbons (Fsp3) is 0.550. The van der Waals surface area contributed by atoms with Crippen LogP contribution in [0.5, 0.6) is 0 Å². The van der Waals surface area contributed by atoms with Crippen LogP contribution in [0.1, 0.15) is 44.3 Å². The molecule has 0 aliphatic carbocycles. The number of furan rings is 2. The highest BCUT2D eigenvalue weighted by Crippen LogP contribution is 2.25. The molecule has 0 bridgehead atoms. The van der Waals surface area contributed by atoms with E-state index in [1.165, 1.54) is 12.8 Å². The summed E-state index contributed by atoms with van der Waals surface area (Å²) in [5.41, 5.74) is -1.15. The molecule has 2 aromatic heterocycles. The fourth-order valence-corrected chi connectivity index (χ4v) is 3.37. The molecule has 1 aliphatic heterocycles. The van der Waals surface area contributed by atoms with Crippen LogP contribution in [0.3, 0.4) is 0 Å². The highest BCUT2D eigenvalue weighted by molar-refractivity contribution is 14.0. The Kier molecular flexibility index (Phi) is 8.84. The van der Waals surface area contributed by atoms with E-state index >= 15 is 0 Å². The molecule has 2 unspecified atom stereocenters. The van der Waals surface area contributed by atoms with Crippen molar-refractivity contribution in [2.24, 2.45) is 4.99 Å². The maximum atomic E-state index is 10.6. The molecule has 1 aliphatic rings. The summed E-state index contributed by atoms with van der Waals surface area (Å²) in [5.74, 6) is 2.13. The Hall–Kier alpha value is -1.52. The molecule has 2 atom stereocenters. The zero-order valence-electron chi connectivity index (χ0n) is 16.6. The second-order valence-electron chi connectivity index (χ2n) is 7.10. The normalized spacial score (nSPS) is 18.3. The van der Waals surface area contributed by atoms with Gasteiger partial charge in [-0.25, -0.2) is 4.99 Å². The summed E-state index contributed by atoms with van der Waals surface area (Å²) in [6.07, 6.45) is 5.72. The van der Waals surface area contributed by atoms with E-state index in [0.717, 1.165) is 25.4 Å². The molecule has 0 amide bonds. The Morgan fingerprint density at radius 1 is 1.21 bits per heavy atom. The van der Waals surface area contributed by atoms with Gasteiger partial charge in [-0.3, -0.25) is 4.90 Å². The number of hydrogen-bond acceptors (Lipinski definition) is 5. The fourth-order valence-electron chi connectivity index (χ4n) is 3.37. The van der Waals surface area contributed by atoms with Gasteiger partial charge in [0.15, 0.2) is 5.96 Å². The zero-order chi connectivity index (χ0) is 19.1. The first kappa shape index (κ1) is 22.8. The molecule has 3 heterocycles. The van der Waals surface area contributed by atoms with Crippen LogP contribution >= 0.6 is 24.0 Å². The maximum absolute atomic E-state index is 10.6. The van der Waals surface area contributed by atoms with E-state index in [9.17, 15) is 5.11 Å². The van der Waals surface area contributed by atoms with Gasteiger partial charge in [0, 0.05) is 13.1 Å². The lowest BCUT2D eigenvalue weighted by Gasteiger charge is -2.27. The molecule has 1 fully saturated rings. The van der Waals surface area contributed by atoms with E-state index < -0.39 is 5.60 Å². The van der Waals surface area contributed by atoms with Crippen LogP contribution in [0.25, 0.3) is 0 Å². The smallest absolute Gasteiger partial charge is 0.191 e. The predicted molar refractivity (Wildman–Crippen MR) is 120 cm³/mol. The van der Waals surface area contributed by atoms with Crippen molar-refractivity contribution >= 4 is 29.9 Å². The summed E-state index contributed by atoms with van der Waals surface area (Å²) >= 11 is 0. The molecule has 3 rings (SSSR count). The van der Waals surface area contributed by atoms with Crippen molar-refractivity contribution in [1.82, 2.24) is 15.5 Å². The average molecular weight is 502 g/mol. The summed E-state index contributed by atoms with van der Waals surface area (Å²) in [4.78, 5) is 7.00. The molecule has 0 radical (unpaired) electrons. The molecule has 0 aromatic carbocycles. The van der Waals surface area contributed by atoms with E-state index in [1.54, 1.807) is 31.6 Å². The van der Waals surface area contributed by atoms with Crippen molar-refractivity contribution in [2.45, 2.75) is 38.3 Å². The van der Waals surface area contributed by atoms with Gasteiger partial charge in [0.1, 0.15) is 17.1 Å². The first-order chi connectivity index (χ1) is 13.1. The third-order valence-electron chi connectivity index (χ3n) is 4.86. The highest BCUT2D eigenvalue weighted by Gasteiger charge is 2.27. The van der Waals surface area contributed by atoms with E-state index in [4.69, 9.17) is 8.83 Å². The minimum atomic E-state index is -1.15. The molecule has 0 spiro atoms. The number of halogens is 1. The largest absolute Gasteiger partial charge is 0.468 e. The van der Waals surface area contributed by atoms with Crippen LogP contribution < -0.4 is 10.6 Å². The highest BCUT2D eigenvalue weighted by atomic mass is 127. The van der Waals surface area contributed by atoms with E-state index in [1.807, 2.05) is 19.1 Å². The van der Waals surface area contributed by atoms with Gasteiger partial charge in [-0.1, -0.05) is 0 Å². The molecule has 28 heavy (non-hydrogen) atoms. The van der Waals surface area contributed by atoms with Crippen molar-refractivity contribution < 1.29 is 13.9 Å². The first-order valence-electron chi connectivity index (χ1n) is 9.66. The zero-order valence-corrected chi connectivity index (χ0v) is 18.9. The lowest BCUT2D eigenvalue weighted by atomic mass is 10.0. The minimum absolute atomic E-state index is 0. The van der Waals surface area contributed by atoms with Crippen LogP contribution in [0.15, 0.2) is 50.6 Å². The van der Waals surface area contributed by atoms with Crippen molar-refractivity contribution in [3.05, 3.63) is 48.3 Å². The lowest BCUT2D eigenvalue weighted by molar-refractivity contribution is 0.0437. The summed E-state index contributed by atoms with van der Waals surface area (Å²) in [6, 6.07) is 7.64. The minimum Gasteiger partial charge on any atom is -0.468 e. The molecule has 2 aromatic rings. The van der Waals surface area contributed by atoms with Gasteiger partial charge in [0.25, 0.3) is 0 Å². The number of likely N-dealkylation sites (tertiary alicyclic amines) is 1. The van der Waals surface area contributed by atoms with Gasteiger partial charge >= 0.3 is 0 Å². The molecule has 1 saturated heterocycles. The molecule has 7 nitrogen and oxygen atoms in total. The first-order valence-corrected chi connectivity index (χ1v) is 9.66. The molecule has 3 N–H and O–H groups in total. The number of guanidine groups is 1. The van der Waals surface area contributed by atoms with Gasteiger partial charge in [-0.2, -0.15) is 0 Å². The molecule has 8 heteroatoms. The summed E-state index contributed by atoms with van der Waals surface area (Å²) in [7, 11) is 0. The maximum Gasteiger partial charge on any atom is 0.191 e. The second kappa shape index (κ2) is 10.9. The standard InChI is InChI=1S/C20H30N4O3.HI/c1-3-21-19(23-15-20(2,25)18-9-7-13-27-18)22-14-16(17-8-6-12-26-17)24-10-4-5-11-24;/h6-9,12-13,16,25H,3-5,10-11,14-15H2,1-2H3,(H2,21,22,23);1H. The van der Waals surface area contributed by atoms with Crippen LogP contribution in [0.4, 0.5) is 0 Å². The Balaban J connectivity index is 0.00000280. The van der Waals surface area contributed by atoms with Crippen molar-refractivity contribution in [3.8, 4) is 0 Å². The Morgan fingerprint density at radius 3 is 2.54 bits per heavy atom. The van der Waals surface area contributed by atoms with Gasteiger partial charge in [0.05, 0.1) is 25.1 Å². The van der Waals surface area contributed by atoms with Crippen molar-refractivity contribution in [2.75, 3.05) is 32.7 Å². The van der Waals surface area contributed by atoms with Gasteiger partial charge in [-0.15, -0.1) is 24.0 Å². The van der Waals surface area contributed by atoms with Crippen LogP contribution in [-0.2, 0) is 5.60 Å². The van der Waals surface area contributed by atoms with E-state index in [2.05, 4.69) is 20.5 Å². The quantitative estimate of drug-likeness (QED) is 0.292. The monoisotopic (exact) mass is 502 g/mol. The number of hydrogen-bond donors (Lipinski definition) is 3. The summed E-state index contributed by atoms with van der Waals surface area (Å²) < 4.78 is 11.0. The van der Waals surface area contributed by atoms with Crippen LogP contribution in [0.2, 0.25) is 0 Å². The summed E-state index contributed by atoms with van der Waals surface area (Å²) in [6.45, 7) is 7.50. The third kappa shape index (κ3) is 5.99. The molecule has 0 saturated carbocycles. The topological polar surface area (TPSA) is 86.2 Å². The van der Waals surface area contributed by atoms with Gasteiger partial charge in [-0.05, 0) is 64.0 Å². The van der Waals surface area contributed by atoms with E-state index in [0.29, 0.717) is 18.3 Å². The van der Waals surface area contributed by atoms with Gasteiger partial charge < -0.3 is 24.6 Å². The van der Waals surface area contributed by atoms with Crippen LogP contribution in [-0.4, -0.2) is 48.7 Å². The SMILES string of the molecule is CCNC(=NCC(C)(O)c1ccco1)NCC(c1ccco1)N1CCCC1.I. The summed E-state index contributed by atoms with van der Waals surface area (Å²) in [5, 5.41) is 17.3. The Labute approximate surface area is 183 Å². The molecular formula is C20H31IN4O3. The molecule has 156 valence electrons. The number of nitrogens with one attached hydrogen (secondary N) is 2. The number of aliphatic imine (C=N–C) groups is 1. The average Bonchev–Trinajstić information content (AvgIpc) is 3.43. The van der Waals surface area contributed by atoms with Gasteiger partial charge in [0.2, 0.25) is 0 Å². The number of rotatable bonds is 8. The number of nitrogens with zero attached hydrogens (tertiary/aromatic N) is 2. The Morgan fingerprint density at radius 2 is 1.93 bits per heavy atom.